The van der Waals surface area contributed by atoms with Crippen molar-refractivity contribution in [3.63, 3.8) is 0 Å². The van der Waals surface area contributed by atoms with Crippen molar-refractivity contribution in [3.8, 4) is 0 Å². The fourth-order valence-corrected chi connectivity index (χ4v) is 1.12. The van der Waals surface area contributed by atoms with Crippen LogP contribution in [0.2, 0.25) is 0 Å². The van der Waals surface area contributed by atoms with Gasteiger partial charge >= 0.3 is 0 Å². The van der Waals surface area contributed by atoms with E-state index in [1.807, 2.05) is 14.1 Å². The average molecular weight is 149 g/mol. The highest BCUT2D eigenvalue weighted by atomic mass is 32.2. The van der Waals surface area contributed by atoms with Gasteiger partial charge in [-0.2, -0.15) is 0 Å². The average Bonchev–Trinajstić information content (AvgIpc) is 1.63. The van der Waals surface area contributed by atoms with Crippen molar-refractivity contribution in [2.75, 3.05) is 32.6 Å². The van der Waals surface area contributed by atoms with Crippen LogP contribution < -0.4 is 0 Å². The van der Waals surface area contributed by atoms with Crippen LogP contribution in [-0.4, -0.2) is 41.8 Å². The second-order valence-corrected chi connectivity index (χ2v) is 3.99. The van der Waals surface area contributed by atoms with Gasteiger partial charge in [-0.3, -0.25) is 4.21 Å². The highest BCUT2D eigenvalue weighted by Gasteiger charge is 1.91. The lowest BCUT2D eigenvalue weighted by Crippen LogP contribution is -2.14. The smallest absolute Gasteiger partial charge is 0.0244 e. The molecule has 0 aliphatic heterocycles. The molecule has 0 aliphatic carbocycles. The minimum Gasteiger partial charge on any atom is -0.309 e. The number of hydrogen-bond donors (Lipinski definition) is 0. The SMILES string of the molecule is CN(C)CCC[S@@](C)=O. The van der Waals surface area contributed by atoms with Crippen molar-refractivity contribution >= 4 is 10.8 Å². The summed E-state index contributed by atoms with van der Waals surface area (Å²) < 4.78 is 10.5. The molecule has 0 bridgehead atoms. The maximum atomic E-state index is 10.5. The summed E-state index contributed by atoms with van der Waals surface area (Å²) in [6.07, 6.45) is 2.78. The first-order chi connectivity index (χ1) is 4.13. The molecule has 9 heavy (non-hydrogen) atoms. The van der Waals surface area contributed by atoms with Crippen LogP contribution in [0.15, 0.2) is 0 Å². The van der Waals surface area contributed by atoms with Crippen LogP contribution in [0.1, 0.15) is 6.42 Å². The van der Waals surface area contributed by atoms with E-state index in [4.69, 9.17) is 0 Å². The van der Waals surface area contributed by atoms with E-state index in [2.05, 4.69) is 4.90 Å². The number of hydrogen-bond acceptors (Lipinski definition) is 2. The summed E-state index contributed by atoms with van der Waals surface area (Å²) in [6, 6.07) is 0. The predicted octanol–water partition coefficient (Wildman–Crippen LogP) is 0.317. The van der Waals surface area contributed by atoms with Gasteiger partial charge < -0.3 is 4.90 Å². The summed E-state index contributed by atoms with van der Waals surface area (Å²) in [5.74, 6) is 0.832. The van der Waals surface area contributed by atoms with E-state index in [9.17, 15) is 4.21 Å². The maximum absolute atomic E-state index is 10.5. The Labute approximate surface area is 59.7 Å². The van der Waals surface area contributed by atoms with Gasteiger partial charge in [-0.05, 0) is 27.1 Å². The van der Waals surface area contributed by atoms with Gasteiger partial charge in [-0.25, -0.2) is 0 Å². The molecule has 0 heterocycles. The Bertz CT molecular complexity index is 93.1. The Kier molecular flexibility index (Phi) is 5.00. The summed E-state index contributed by atoms with van der Waals surface area (Å²) in [7, 11) is 3.44. The third-order valence-corrected chi connectivity index (χ3v) is 1.90. The van der Waals surface area contributed by atoms with E-state index in [-0.39, 0.29) is 0 Å². The Morgan fingerprint density at radius 2 is 2.00 bits per heavy atom. The van der Waals surface area contributed by atoms with Crippen LogP contribution in [0.3, 0.4) is 0 Å². The lowest BCUT2D eigenvalue weighted by atomic mass is 10.5. The summed E-state index contributed by atoms with van der Waals surface area (Å²) in [5.41, 5.74) is 0. The van der Waals surface area contributed by atoms with Crippen LogP contribution >= 0.6 is 0 Å². The molecule has 0 saturated carbocycles. The summed E-state index contributed by atoms with van der Waals surface area (Å²) in [6.45, 7) is 1.04. The summed E-state index contributed by atoms with van der Waals surface area (Å²) in [4.78, 5) is 2.10. The molecule has 0 aromatic heterocycles. The van der Waals surface area contributed by atoms with E-state index in [0.717, 1.165) is 18.7 Å². The second-order valence-electron chi connectivity index (χ2n) is 2.43. The van der Waals surface area contributed by atoms with Gasteiger partial charge in [0.05, 0.1) is 0 Å². The number of nitrogens with zero attached hydrogens (tertiary/aromatic N) is 1. The van der Waals surface area contributed by atoms with Gasteiger partial charge in [0.15, 0.2) is 0 Å². The topological polar surface area (TPSA) is 20.3 Å². The van der Waals surface area contributed by atoms with E-state index >= 15 is 0 Å². The predicted molar refractivity (Wildman–Crippen MR) is 42.1 cm³/mol. The van der Waals surface area contributed by atoms with E-state index in [1.165, 1.54) is 0 Å². The molecule has 3 heteroatoms. The Morgan fingerprint density at radius 1 is 1.44 bits per heavy atom. The molecule has 0 N–H and O–H groups in total. The van der Waals surface area contributed by atoms with Gasteiger partial charge in [0, 0.05) is 22.8 Å². The Morgan fingerprint density at radius 3 is 2.33 bits per heavy atom. The van der Waals surface area contributed by atoms with Crippen molar-refractivity contribution in [1.29, 1.82) is 0 Å². The van der Waals surface area contributed by atoms with Crippen LogP contribution in [-0.2, 0) is 10.8 Å². The second kappa shape index (κ2) is 4.94. The zero-order chi connectivity index (χ0) is 7.28. The Hall–Kier alpha value is 0.110. The normalized spacial score (nSPS) is 14.2. The lowest BCUT2D eigenvalue weighted by molar-refractivity contribution is 0.409. The first kappa shape index (κ1) is 9.11. The zero-order valence-corrected chi connectivity index (χ0v) is 7.20. The van der Waals surface area contributed by atoms with E-state index in [1.54, 1.807) is 6.26 Å². The first-order valence-corrected chi connectivity index (χ1v) is 4.80. The van der Waals surface area contributed by atoms with Crippen molar-refractivity contribution in [1.82, 2.24) is 4.90 Å². The van der Waals surface area contributed by atoms with Gasteiger partial charge in [0.2, 0.25) is 0 Å². The van der Waals surface area contributed by atoms with Crippen molar-refractivity contribution < 1.29 is 4.21 Å². The molecule has 0 aromatic carbocycles. The highest BCUT2D eigenvalue weighted by Crippen LogP contribution is 1.85. The first-order valence-electron chi connectivity index (χ1n) is 3.07. The summed E-state index contributed by atoms with van der Waals surface area (Å²) >= 11 is 0. The quantitative estimate of drug-likeness (QED) is 0.573. The largest absolute Gasteiger partial charge is 0.309 e. The third kappa shape index (κ3) is 8.11. The fourth-order valence-electron chi connectivity index (χ4n) is 0.584. The fraction of sp³-hybridized carbons (Fsp3) is 1.00. The molecule has 0 radical (unpaired) electrons. The third-order valence-electron chi connectivity index (χ3n) is 1.04. The molecule has 2 nitrogen and oxygen atoms in total. The van der Waals surface area contributed by atoms with Gasteiger partial charge in [-0.1, -0.05) is 0 Å². The molecule has 0 unspecified atom stereocenters. The van der Waals surface area contributed by atoms with Crippen molar-refractivity contribution in [3.05, 3.63) is 0 Å². The molecule has 0 aromatic rings. The molecule has 0 spiro atoms. The van der Waals surface area contributed by atoms with Crippen molar-refractivity contribution in [2.24, 2.45) is 0 Å². The zero-order valence-electron chi connectivity index (χ0n) is 6.39. The van der Waals surface area contributed by atoms with E-state index in [0.29, 0.717) is 0 Å². The monoisotopic (exact) mass is 149 g/mol. The van der Waals surface area contributed by atoms with Crippen LogP contribution in [0, 0.1) is 0 Å². The highest BCUT2D eigenvalue weighted by molar-refractivity contribution is 7.84. The van der Waals surface area contributed by atoms with Crippen LogP contribution in [0.5, 0.6) is 0 Å². The molecule has 0 saturated heterocycles. The molecule has 0 amide bonds. The molecular formula is C6H15NOS. The summed E-state index contributed by atoms with van der Waals surface area (Å²) in [5, 5.41) is 0. The van der Waals surface area contributed by atoms with Crippen LogP contribution in [0.4, 0.5) is 0 Å². The molecule has 0 rings (SSSR count). The van der Waals surface area contributed by atoms with Gasteiger partial charge in [0.1, 0.15) is 0 Å². The lowest BCUT2D eigenvalue weighted by Gasteiger charge is -2.06. The van der Waals surface area contributed by atoms with Crippen molar-refractivity contribution in [2.45, 2.75) is 6.42 Å². The molecule has 56 valence electrons. The Balaban J connectivity index is 3.01. The van der Waals surface area contributed by atoms with Gasteiger partial charge in [-0.15, -0.1) is 0 Å². The molecule has 0 fully saturated rings. The van der Waals surface area contributed by atoms with Crippen LogP contribution in [0.25, 0.3) is 0 Å². The van der Waals surface area contributed by atoms with E-state index < -0.39 is 10.8 Å². The minimum atomic E-state index is -0.609. The minimum absolute atomic E-state index is 0.609. The molecule has 0 aliphatic rings. The number of rotatable bonds is 4. The molecule has 1 atom stereocenters. The maximum Gasteiger partial charge on any atom is 0.0244 e. The molecular weight excluding hydrogens is 134 g/mol. The van der Waals surface area contributed by atoms with Gasteiger partial charge in [0.25, 0.3) is 0 Å². The standard InChI is InChI=1S/C6H15NOS/c1-7(2)5-4-6-9(3)8/h4-6H2,1-3H3/t9-/m1/s1.